The van der Waals surface area contributed by atoms with Crippen molar-refractivity contribution >= 4 is 19.3 Å². The SMILES string of the molecule is C[As+](C)(C)CC(=O)c1ccccc1.[Br-]. The standard InChI is InChI=1S/C11H16AsO.BrH/c1-12(2,3)9-11(13)10-7-5-4-6-8-10;/h4-8H,9H2,1-3H3;1H/q+1;/p-1. The van der Waals surface area contributed by atoms with Gasteiger partial charge in [0.1, 0.15) is 0 Å². The van der Waals surface area contributed by atoms with E-state index in [-0.39, 0.29) is 17.0 Å². The molecule has 0 saturated carbocycles. The van der Waals surface area contributed by atoms with Gasteiger partial charge in [0.15, 0.2) is 0 Å². The summed E-state index contributed by atoms with van der Waals surface area (Å²) in [5, 5.41) is 0.780. The third-order valence-electron chi connectivity index (χ3n) is 1.71. The zero-order chi connectivity index (χ0) is 9.90. The predicted octanol–water partition coefficient (Wildman–Crippen LogP) is 0.211. The number of hydrogen-bond donors (Lipinski definition) is 0. The van der Waals surface area contributed by atoms with E-state index in [2.05, 4.69) is 17.1 Å². The quantitative estimate of drug-likeness (QED) is 0.575. The number of halogens is 1. The van der Waals surface area contributed by atoms with Crippen LogP contribution in [-0.4, -0.2) is 19.3 Å². The van der Waals surface area contributed by atoms with Gasteiger partial charge in [-0.05, 0) is 0 Å². The molecule has 78 valence electrons. The summed E-state index contributed by atoms with van der Waals surface area (Å²) in [4.78, 5) is 11.7. The van der Waals surface area contributed by atoms with Crippen LogP contribution >= 0.6 is 0 Å². The van der Waals surface area contributed by atoms with Crippen LogP contribution in [0.4, 0.5) is 0 Å². The number of carbonyl (C=O) groups is 1. The topological polar surface area (TPSA) is 17.1 Å². The van der Waals surface area contributed by atoms with E-state index in [1.54, 1.807) is 0 Å². The maximum absolute atomic E-state index is 11.7. The van der Waals surface area contributed by atoms with Crippen molar-refractivity contribution in [1.82, 2.24) is 0 Å². The van der Waals surface area contributed by atoms with Gasteiger partial charge in [-0.2, -0.15) is 0 Å². The molecule has 0 radical (unpaired) electrons. The minimum absolute atomic E-state index is 0. The number of benzene rings is 1. The first-order valence-corrected chi connectivity index (χ1v) is 11.3. The van der Waals surface area contributed by atoms with Crippen LogP contribution < -0.4 is 17.0 Å². The summed E-state index contributed by atoms with van der Waals surface area (Å²) in [7, 11) is 0. The Hall–Kier alpha value is -0.0716. The minimum atomic E-state index is -1.57. The van der Waals surface area contributed by atoms with Crippen LogP contribution in [0, 0.1) is 0 Å². The van der Waals surface area contributed by atoms with Crippen LogP contribution in [-0.2, 0) is 0 Å². The van der Waals surface area contributed by atoms with Crippen molar-refractivity contribution in [3.8, 4) is 0 Å². The van der Waals surface area contributed by atoms with E-state index in [1.165, 1.54) is 0 Å². The summed E-state index contributed by atoms with van der Waals surface area (Å²) < 4.78 is 0. The van der Waals surface area contributed by atoms with Gasteiger partial charge in [0.2, 0.25) is 0 Å². The third-order valence-corrected chi connectivity index (χ3v) is 4.31. The Morgan fingerprint density at radius 2 is 1.64 bits per heavy atom. The molecule has 3 heteroatoms. The smallest absolute Gasteiger partial charge is 1.00 e. The van der Waals surface area contributed by atoms with Crippen molar-refractivity contribution in [3.05, 3.63) is 35.9 Å². The summed E-state index contributed by atoms with van der Waals surface area (Å²) in [5.41, 5.74) is 7.61. The van der Waals surface area contributed by atoms with Crippen LogP contribution in [0.5, 0.6) is 0 Å². The third kappa shape index (κ3) is 4.97. The maximum Gasteiger partial charge on any atom is -1.00 e. The fourth-order valence-electron chi connectivity index (χ4n) is 1.15. The molecule has 1 aromatic rings. The second kappa shape index (κ2) is 5.72. The molecule has 0 amide bonds. The molecular weight excluding hydrogens is 303 g/mol. The molecule has 0 aliphatic carbocycles. The molecule has 0 heterocycles. The fourth-order valence-corrected chi connectivity index (χ4v) is 3.34. The average molecular weight is 319 g/mol. The van der Waals surface area contributed by atoms with Gasteiger partial charge < -0.3 is 17.0 Å². The van der Waals surface area contributed by atoms with Gasteiger partial charge >= 0.3 is 82.4 Å². The summed E-state index contributed by atoms with van der Waals surface area (Å²) in [6, 6.07) is 9.57. The molecule has 0 N–H and O–H groups in total. The monoisotopic (exact) mass is 318 g/mol. The summed E-state index contributed by atoms with van der Waals surface area (Å²) in [6.45, 7) is 0. The van der Waals surface area contributed by atoms with E-state index in [9.17, 15) is 4.79 Å². The van der Waals surface area contributed by atoms with Crippen molar-refractivity contribution < 1.29 is 21.8 Å². The Kier molecular flexibility index (Phi) is 5.69. The van der Waals surface area contributed by atoms with Gasteiger partial charge in [-0.3, -0.25) is 0 Å². The van der Waals surface area contributed by atoms with Crippen molar-refractivity contribution in [1.29, 1.82) is 0 Å². The molecule has 0 spiro atoms. The van der Waals surface area contributed by atoms with Crippen LogP contribution in [0.1, 0.15) is 10.4 Å². The van der Waals surface area contributed by atoms with Crippen LogP contribution in [0.3, 0.4) is 0 Å². The second-order valence-corrected chi connectivity index (χ2v) is 14.5. The predicted molar refractivity (Wildman–Crippen MR) is 58.9 cm³/mol. The molecule has 0 atom stereocenters. The molecule has 1 aromatic carbocycles. The van der Waals surface area contributed by atoms with Crippen molar-refractivity contribution in [3.63, 3.8) is 0 Å². The Bertz CT molecular complexity index is 290. The first-order valence-electron chi connectivity index (χ1n) is 4.38. The van der Waals surface area contributed by atoms with Gasteiger partial charge in [0.05, 0.1) is 0 Å². The molecule has 0 aromatic heterocycles. The van der Waals surface area contributed by atoms with Crippen LogP contribution in [0.2, 0.25) is 22.3 Å². The number of rotatable bonds is 3. The molecule has 0 bridgehead atoms. The molecule has 0 unspecified atom stereocenters. The average Bonchev–Trinajstić information content (AvgIpc) is 2.03. The van der Waals surface area contributed by atoms with E-state index in [4.69, 9.17) is 0 Å². The first kappa shape index (κ1) is 13.9. The van der Waals surface area contributed by atoms with Crippen LogP contribution in [0.25, 0.3) is 0 Å². The number of ketones is 1. The molecule has 0 aliphatic rings. The van der Waals surface area contributed by atoms with E-state index in [1.807, 2.05) is 30.3 Å². The van der Waals surface area contributed by atoms with Gasteiger partial charge in [-0.1, -0.05) is 0 Å². The Balaban J connectivity index is 0.00000169. The molecule has 0 fully saturated rings. The number of carbonyl (C=O) groups excluding carboxylic acids is 1. The Morgan fingerprint density at radius 1 is 1.14 bits per heavy atom. The summed E-state index contributed by atoms with van der Waals surface area (Å²) in [6.07, 6.45) is 0. The van der Waals surface area contributed by atoms with Crippen molar-refractivity contribution in [2.75, 3.05) is 0 Å². The molecular formula is C11H16AsBrO. The van der Waals surface area contributed by atoms with Gasteiger partial charge in [0.25, 0.3) is 0 Å². The van der Waals surface area contributed by atoms with E-state index in [0.29, 0.717) is 5.78 Å². The maximum atomic E-state index is 11.7. The van der Waals surface area contributed by atoms with Crippen molar-refractivity contribution in [2.24, 2.45) is 0 Å². The molecule has 0 saturated heterocycles. The first-order chi connectivity index (χ1) is 5.99. The van der Waals surface area contributed by atoms with Gasteiger partial charge in [-0.25, -0.2) is 0 Å². The summed E-state index contributed by atoms with van der Waals surface area (Å²) in [5.74, 6) is 0.306. The zero-order valence-electron chi connectivity index (χ0n) is 8.83. The van der Waals surface area contributed by atoms with Crippen LogP contribution in [0.15, 0.2) is 30.3 Å². The number of hydrogen-bond acceptors (Lipinski definition) is 1. The minimum Gasteiger partial charge on any atom is -1.00 e. The molecule has 14 heavy (non-hydrogen) atoms. The molecule has 1 rings (SSSR count). The van der Waals surface area contributed by atoms with Gasteiger partial charge in [0, 0.05) is 0 Å². The van der Waals surface area contributed by atoms with Gasteiger partial charge in [-0.15, -0.1) is 0 Å². The Morgan fingerprint density at radius 3 is 2.07 bits per heavy atom. The van der Waals surface area contributed by atoms with E-state index < -0.39 is 13.6 Å². The molecule has 1 nitrogen and oxygen atoms in total. The van der Waals surface area contributed by atoms with E-state index >= 15 is 0 Å². The summed E-state index contributed by atoms with van der Waals surface area (Å²) >= 11 is -1.57. The van der Waals surface area contributed by atoms with E-state index in [0.717, 1.165) is 10.8 Å². The van der Waals surface area contributed by atoms with Crippen molar-refractivity contribution in [2.45, 2.75) is 22.3 Å². The normalized spacial score (nSPS) is 10.5. The zero-order valence-corrected chi connectivity index (χ0v) is 12.3. The second-order valence-electron chi connectivity index (χ2n) is 4.24. The fraction of sp³-hybridized carbons (Fsp3) is 0.364. The largest absolute Gasteiger partial charge is 1.00 e. The number of Topliss-reactive ketones (excluding diaryl/α,β-unsaturated/α-hetero) is 1. The Labute approximate surface area is 99.1 Å². The molecule has 0 aliphatic heterocycles.